The molecule has 0 saturated heterocycles. The van der Waals surface area contributed by atoms with Gasteiger partial charge in [0.15, 0.2) is 6.73 Å². The number of anilines is 1. The Morgan fingerprint density at radius 3 is 2.66 bits per heavy atom. The Bertz CT molecular complexity index is 985. The van der Waals surface area contributed by atoms with E-state index in [2.05, 4.69) is 22.4 Å². The lowest BCUT2D eigenvalue weighted by molar-refractivity contribution is -0.117. The number of benzene rings is 1. The van der Waals surface area contributed by atoms with Crippen molar-refractivity contribution in [1.82, 2.24) is 19.6 Å². The summed E-state index contributed by atoms with van der Waals surface area (Å²) in [6.45, 7) is 3.53. The second-order valence-corrected chi connectivity index (χ2v) is 6.71. The Hall–Kier alpha value is -2.94. The molecule has 1 amide bonds. The number of carbonyl (C=O) groups is 1. The molecule has 3 aromatic rings. The minimum absolute atomic E-state index is 0.135. The molecule has 2 heterocycles. The molecule has 0 bridgehead atoms. The van der Waals surface area contributed by atoms with E-state index in [9.17, 15) is 13.6 Å². The van der Waals surface area contributed by atoms with Crippen LogP contribution in [0.5, 0.6) is 5.75 Å². The number of ether oxygens (including phenoxy) is 1. The van der Waals surface area contributed by atoms with E-state index in [1.807, 2.05) is 24.3 Å². The molecule has 3 rings (SSSR count). The smallest absolute Gasteiger partial charge is 0.283 e. The largest absolute Gasteiger partial charge is 0.471 e. The van der Waals surface area contributed by atoms with Gasteiger partial charge in [0.05, 0.1) is 28.8 Å². The summed E-state index contributed by atoms with van der Waals surface area (Å²) >= 11 is 5.84. The lowest BCUT2D eigenvalue weighted by Crippen LogP contribution is -2.20. The Labute approximate surface area is 171 Å². The first-order chi connectivity index (χ1) is 13.9. The van der Waals surface area contributed by atoms with Crippen molar-refractivity contribution in [3.05, 3.63) is 58.6 Å². The summed E-state index contributed by atoms with van der Waals surface area (Å²) in [4.78, 5) is 12.2. The zero-order valence-electron chi connectivity index (χ0n) is 15.9. The van der Waals surface area contributed by atoms with Gasteiger partial charge in [0, 0.05) is 0 Å². The van der Waals surface area contributed by atoms with Crippen molar-refractivity contribution >= 4 is 23.2 Å². The molecule has 0 aliphatic heterocycles. The molecule has 1 aromatic carbocycles. The van der Waals surface area contributed by atoms with Gasteiger partial charge in [-0.15, -0.1) is 0 Å². The summed E-state index contributed by atoms with van der Waals surface area (Å²) in [5.74, 6) is 0.271. The second kappa shape index (κ2) is 9.04. The van der Waals surface area contributed by atoms with Gasteiger partial charge in [0.1, 0.15) is 18.0 Å². The molecule has 154 valence electrons. The van der Waals surface area contributed by atoms with Crippen LogP contribution in [-0.2, 0) is 24.5 Å². The van der Waals surface area contributed by atoms with E-state index in [1.54, 1.807) is 6.20 Å². The van der Waals surface area contributed by atoms with Crippen molar-refractivity contribution in [3.63, 3.8) is 0 Å². The molecule has 2 aromatic heterocycles. The summed E-state index contributed by atoms with van der Waals surface area (Å²) in [5.41, 5.74) is 1.44. The summed E-state index contributed by atoms with van der Waals surface area (Å²) < 4.78 is 34.0. The summed E-state index contributed by atoms with van der Waals surface area (Å²) in [7, 11) is 0. The van der Waals surface area contributed by atoms with Crippen LogP contribution in [0.1, 0.15) is 30.3 Å². The molecule has 29 heavy (non-hydrogen) atoms. The monoisotopic (exact) mass is 423 g/mol. The van der Waals surface area contributed by atoms with Gasteiger partial charge in [-0.1, -0.05) is 30.7 Å². The molecular formula is C19H20ClF2N5O2. The van der Waals surface area contributed by atoms with Crippen molar-refractivity contribution in [2.75, 3.05) is 5.32 Å². The van der Waals surface area contributed by atoms with Crippen LogP contribution in [0.4, 0.5) is 14.5 Å². The van der Waals surface area contributed by atoms with Crippen LogP contribution in [0, 0.1) is 6.92 Å². The standard InChI is InChI=1S/C19H20ClF2N5O2/c1-3-13-4-6-15(7-5-13)29-11-26-9-14(8-23-26)24-16(28)10-27-12(2)17(20)18(25-27)19(21)22/h4-9,19H,3,10-11H2,1-2H3,(H,24,28). The molecular weight excluding hydrogens is 404 g/mol. The molecule has 0 atom stereocenters. The normalized spacial score (nSPS) is 11.1. The van der Waals surface area contributed by atoms with E-state index in [0.717, 1.165) is 11.1 Å². The fourth-order valence-corrected chi connectivity index (χ4v) is 2.86. The minimum Gasteiger partial charge on any atom is -0.471 e. The third-order valence-electron chi connectivity index (χ3n) is 4.27. The number of carbonyl (C=O) groups excluding carboxylic acids is 1. The van der Waals surface area contributed by atoms with Crippen LogP contribution >= 0.6 is 11.6 Å². The first-order valence-corrected chi connectivity index (χ1v) is 9.30. The number of nitrogens with one attached hydrogen (secondary N) is 1. The first-order valence-electron chi connectivity index (χ1n) is 8.92. The molecule has 0 unspecified atom stereocenters. The molecule has 0 aliphatic rings. The lowest BCUT2D eigenvalue weighted by Gasteiger charge is -2.07. The fraction of sp³-hybridized carbons (Fsp3) is 0.316. The van der Waals surface area contributed by atoms with Crippen molar-refractivity contribution in [2.24, 2.45) is 0 Å². The summed E-state index contributed by atoms with van der Waals surface area (Å²) in [6, 6.07) is 7.76. The Morgan fingerprint density at radius 2 is 2.03 bits per heavy atom. The Kier molecular flexibility index (Phi) is 6.48. The molecule has 7 nitrogen and oxygen atoms in total. The van der Waals surface area contributed by atoms with Gasteiger partial charge >= 0.3 is 0 Å². The molecule has 0 aliphatic carbocycles. The maximum absolute atomic E-state index is 12.9. The van der Waals surface area contributed by atoms with Crippen molar-refractivity contribution in [1.29, 1.82) is 0 Å². The number of hydrogen-bond donors (Lipinski definition) is 1. The lowest BCUT2D eigenvalue weighted by atomic mass is 10.2. The molecule has 10 heteroatoms. The number of amides is 1. The predicted octanol–water partition coefficient (Wildman–Crippen LogP) is 4.22. The van der Waals surface area contributed by atoms with Crippen LogP contribution in [0.3, 0.4) is 0 Å². The van der Waals surface area contributed by atoms with E-state index in [0.29, 0.717) is 17.1 Å². The van der Waals surface area contributed by atoms with Gasteiger partial charge in [0.25, 0.3) is 6.43 Å². The molecule has 0 saturated carbocycles. The van der Waals surface area contributed by atoms with Crippen LogP contribution in [0.15, 0.2) is 36.7 Å². The topological polar surface area (TPSA) is 74.0 Å². The summed E-state index contributed by atoms with van der Waals surface area (Å²) in [5, 5.41) is 10.3. The second-order valence-electron chi connectivity index (χ2n) is 6.33. The van der Waals surface area contributed by atoms with Crippen molar-refractivity contribution in [3.8, 4) is 5.75 Å². The Balaban J connectivity index is 1.55. The highest BCUT2D eigenvalue weighted by Gasteiger charge is 2.21. The van der Waals surface area contributed by atoms with Gasteiger partial charge in [-0.3, -0.25) is 9.48 Å². The van der Waals surface area contributed by atoms with Crippen LogP contribution in [0.2, 0.25) is 5.02 Å². The van der Waals surface area contributed by atoms with Crippen LogP contribution in [-0.4, -0.2) is 25.5 Å². The van der Waals surface area contributed by atoms with Gasteiger partial charge in [-0.05, 0) is 31.0 Å². The van der Waals surface area contributed by atoms with Gasteiger partial charge in [-0.2, -0.15) is 10.2 Å². The fourth-order valence-electron chi connectivity index (χ4n) is 2.64. The van der Waals surface area contributed by atoms with Gasteiger partial charge in [-0.25, -0.2) is 13.5 Å². The number of alkyl halides is 2. The number of rotatable bonds is 8. The third kappa shape index (κ3) is 5.11. The van der Waals surface area contributed by atoms with E-state index in [4.69, 9.17) is 16.3 Å². The Morgan fingerprint density at radius 1 is 1.31 bits per heavy atom. The average Bonchev–Trinajstić information content (AvgIpc) is 3.26. The van der Waals surface area contributed by atoms with Crippen LogP contribution < -0.4 is 10.1 Å². The molecule has 1 N–H and O–H groups in total. The third-order valence-corrected chi connectivity index (χ3v) is 4.74. The number of nitrogens with zero attached hydrogens (tertiary/aromatic N) is 4. The number of aryl methyl sites for hydroxylation is 1. The molecule has 0 spiro atoms. The highest BCUT2D eigenvalue weighted by atomic mass is 35.5. The van der Waals surface area contributed by atoms with Crippen molar-refractivity contribution in [2.45, 2.75) is 40.0 Å². The number of aromatic nitrogens is 4. The van der Waals surface area contributed by atoms with E-state index < -0.39 is 18.0 Å². The van der Waals surface area contributed by atoms with E-state index >= 15 is 0 Å². The summed E-state index contributed by atoms with van der Waals surface area (Å²) in [6.07, 6.45) is 1.22. The average molecular weight is 424 g/mol. The van der Waals surface area contributed by atoms with Crippen LogP contribution in [0.25, 0.3) is 0 Å². The number of hydrogen-bond acceptors (Lipinski definition) is 4. The molecule has 0 fully saturated rings. The molecule has 0 radical (unpaired) electrons. The highest BCUT2D eigenvalue weighted by molar-refractivity contribution is 6.31. The maximum Gasteiger partial charge on any atom is 0.283 e. The quantitative estimate of drug-likeness (QED) is 0.588. The van der Waals surface area contributed by atoms with Crippen molar-refractivity contribution < 1.29 is 18.3 Å². The minimum atomic E-state index is -2.80. The van der Waals surface area contributed by atoms with Gasteiger partial charge < -0.3 is 10.1 Å². The van der Waals surface area contributed by atoms with E-state index in [1.165, 1.54) is 23.4 Å². The number of halogens is 3. The zero-order valence-corrected chi connectivity index (χ0v) is 16.7. The van der Waals surface area contributed by atoms with Gasteiger partial charge in [0.2, 0.25) is 5.91 Å². The van der Waals surface area contributed by atoms with E-state index in [-0.39, 0.29) is 18.3 Å². The SMILES string of the molecule is CCc1ccc(OCn2cc(NC(=O)Cn3nc(C(F)F)c(Cl)c3C)cn2)cc1. The predicted molar refractivity (Wildman–Crippen MR) is 104 cm³/mol. The maximum atomic E-state index is 12.9. The first kappa shape index (κ1) is 20.8. The highest BCUT2D eigenvalue weighted by Crippen LogP contribution is 2.28. The zero-order chi connectivity index (χ0) is 21.0.